The maximum Gasteiger partial charge on any atom is 0.252 e. The van der Waals surface area contributed by atoms with E-state index >= 15 is 0 Å². The van der Waals surface area contributed by atoms with Crippen molar-refractivity contribution < 1.29 is 19.1 Å². The zero-order valence-corrected chi connectivity index (χ0v) is 16.3. The molecule has 6 nitrogen and oxygen atoms in total. The summed E-state index contributed by atoms with van der Waals surface area (Å²) in [6, 6.07) is 22.8. The second-order valence-electron chi connectivity index (χ2n) is 6.84. The lowest BCUT2D eigenvalue weighted by Crippen LogP contribution is -2.40. The standard InChI is InChI=1S/C24H22N2O4/c27-23(18-10-5-2-6-11-18)26-21(17-8-3-1-4-9-17)24(28)25-16-19-12-7-13-20-22(19)30-15-14-29-20/h1-13,21H,14-16H2,(H,25,28)(H,26,27). The van der Waals surface area contributed by atoms with Gasteiger partial charge in [0.25, 0.3) is 5.91 Å². The molecule has 1 unspecified atom stereocenters. The lowest BCUT2D eigenvalue weighted by molar-refractivity contribution is -0.123. The number of carbonyl (C=O) groups excluding carboxylic acids is 2. The van der Waals surface area contributed by atoms with Gasteiger partial charge in [0.05, 0.1) is 0 Å². The van der Waals surface area contributed by atoms with Gasteiger partial charge in [-0.3, -0.25) is 9.59 Å². The molecule has 0 radical (unpaired) electrons. The van der Waals surface area contributed by atoms with Gasteiger partial charge in [-0.1, -0.05) is 60.7 Å². The fourth-order valence-corrected chi connectivity index (χ4v) is 3.31. The average Bonchev–Trinajstić information content (AvgIpc) is 2.82. The highest BCUT2D eigenvalue weighted by Crippen LogP contribution is 2.33. The van der Waals surface area contributed by atoms with E-state index in [9.17, 15) is 9.59 Å². The minimum absolute atomic E-state index is 0.260. The maximum atomic E-state index is 13.1. The van der Waals surface area contributed by atoms with Crippen molar-refractivity contribution in [1.29, 1.82) is 0 Å². The van der Waals surface area contributed by atoms with Gasteiger partial charge in [-0.2, -0.15) is 0 Å². The fraction of sp³-hybridized carbons (Fsp3) is 0.167. The van der Waals surface area contributed by atoms with Crippen LogP contribution in [0.2, 0.25) is 0 Å². The quantitative estimate of drug-likeness (QED) is 0.664. The highest BCUT2D eigenvalue weighted by Gasteiger charge is 2.24. The summed E-state index contributed by atoms with van der Waals surface area (Å²) in [6.07, 6.45) is 0. The minimum atomic E-state index is -0.824. The molecule has 1 atom stereocenters. The Kier molecular flexibility index (Phi) is 5.94. The van der Waals surface area contributed by atoms with Crippen LogP contribution in [-0.4, -0.2) is 25.0 Å². The van der Waals surface area contributed by atoms with Crippen molar-refractivity contribution in [2.24, 2.45) is 0 Å². The van der Waals surface area contributed by atoms with Crippen LogP contribution >= 0.6 is 0 Å². The molecular formula is C24H22N2O4. The molecule has 1 aliphatic heterocycles. The van der Waals surface area contributed by atoms with Crippen LogP contribution in [0, 0.1) is 0 Å². The normalized spacial score (nSPS) is 13.2. The van der Waals surface area contributed by atoms with Crippen molar-refractivity contribution in [3.05, 3.63) is 95.6 Å². The van der Waals surface area contributed by atoms with Crippen LogP contribution in [0.15, 0.2) is 78.9 Å². The molecule has 2 N–H and O–H groups in total. The van der Waals surface area contributed by atoms with E-state index in [1.54, 1.807) is 24.3 Å². The van der Waals surface area contributed by atoms with Gasteiger partial charge >= 0.3 is 0 Å². The number of rotatable bonds is 6. The van der Waals surface area contributed by atoms with Crippen LogP contribution in [0.3, 0.4) is 0 Å². The first kappa shape index (κ1) is 19.5. The largest absolute Gasteiger partial charge is 0.486 e. The molecule has 30 heavy (non-hydrogen) atoms. The van der Waals surface area contributed by atoms with Crippen LogP contribution in [0.25, 0.3) is 0 Å². The molecule has 0 bridgehead atoms. The number of amides is 2. The highest BCUT2D eigenvalue weighted by atomic mass is 16.6. The number of hydrogen-bond acceptors (Lipinski definition) is 4. The molecule has 0 spiro atoms. The molecule has 1 aliphatic rings. The van der Waals surface area contributed by atoms with Crippen LogP contribution in [0.1, 0.15) is 27.5 Å². The number of benzene rings is 3. The molecule has 0 saturated heterocycles. The van der Waals surface area contributed by atoms with E-state index in [-0.39, 0.29) is 18.4 Å². The van der Waals surface area contributed by atoms with Gasteiger partial charge < -0.3 is 20.1 Å². The van der Waals surface area contributed by atoms with Crippen molar-refractivity contribution in [1.82, 2.24) is 10.6 Å². The molecule has 0 aliphatic carbocycles. The van der Waals surface area contributed by atoms with E-state index in [4.69, 9.17) is 9.47 Å². The first-order chi connectivity index (χ1) is 14.7. The van der Waals surface area contributed by atoms with E-state index in [0.717, 1.165) is 5.56 Å². The first-order valence-electron chi connectivity index (χ1n) is 9.78. The molecule has 152 valence electrons. The Morgan fingerprint density at radius 3 is 2.30 bits per heavy atom. The second-order valence-corrected chi connectivity index (χ2v) is 6.84. The van der Waals surface area contributed by atoms with Crippen LogP contribution in [0.4, 0.5) is 0 Å². The zero-order chi connectivity index (χ0) is 20.8. The fourth-order valence-electron chi connectivity index (χ4n) is 3.31. The van der Waals surface area contributed by atoms with E-state index in [1.807, 2.05) is 54.6 Å². The third-order valence-electron chi connectivity index (χ3n) is 4.81. The number of fused-ring (bicyclic) bond motifs is 1. The lowest BCUT2D eigenvalue weighted by atomic mass is 10.0. The van der Waals surface area contributed by atoms with Gasteiger partial charge in [0.2, 0.25) is 5.91 Å². The average molecular weight is 402 g/mol. The number of para-hydroxylation sites is 1. The summed E-state index contributed by atoms with van der Waals surface area (Å²) in [5.41, 5.74) is 2.02. The van der Waals surface area contributed by atoms with E-state index in [1.165, 1.54) is 0 Å². The first-order valence-corrected chi connectivity index (χ1v) is 9.78. The highest BCUT2D eigenvalue weighted by molar-refractivity contribution is 5.97. The van der Waals surface area contributed by atoms with Gasteiger partial charge in [-0.25, -0.2) is 0 Å². The van der Waals surface area contributed by atoms with Gasteiger partial charge in [0.1, 0.15) is 19.3 Å². The molecule has 2 amide bonds. The third kappa shape index (κ3) is 4.43. The zero-order valence-electron chi connectivity index (χ0n) is 16.3. The topological polar surface area (TPSA) is 76.7 Å². The van der Waals surface area contributed by atoms with Gasteiger partial charge in [0.15, 0.2) is 11.5 Å². The molecule has 0 saturated carbocycles. The van der Waals surface area contributed by atoms with Crippen LogP contribution < -0.4 is 20.1 Å². The maximum absolute atomic E-state index is 13.1. The molecule has 6 heteroatoms. The molecule has 1 heterocycles. The van der Waals surface area contributed by atoms with Crippen molar-refractivity contribution in [3.8, 4) is 11.5 Å². The smallest absolute Gasteiger partial charge is 0.252 e. The molecule has 3 aromatic rings. The summed E-state index contributed by atoms with van der Waals surface area (Å²) < 4.78 is 11.3. The predicted molar refractivity (Wildman–Crippen MR) is 112 cm³/mol. The molecule has 4 rings (SSSR count). The number of ether oxygens (including phenoxy) is 2. The molecule has 3 aromatic carbocycles. The Balaban J connectivity index is 1.51. The van der Waals surface area contributed by atoms with Gasteiger partial charge in [-0.05, 0) is 23.8 Å². The van der Waals surface area contributed by atoms with Crippen molar-refractivity contribution >= 4 is 11.8 Å². The van der Waals surface area contributed by atoms with Crippen molar-refractivity contribution in [3.63, 3.8) is 0 Å². The second kappa shape index (κ2) is 9.13. The van der Waals surface area contributed by atoms with Crippen molar-refractivity contribution in [2.45, 2.75) is 12.6 Å². The third-order valence-corrected chi connectivity index (χ3v) is 4.81. The van der Waals surface area contributed by atoms with Crippen molar-refractivity contribution in [2.75, 3.05) is 13.2 Å². The number of hydrogen-bond donors (Lipinski definition) is 2. The van der Waals surface area contributed by atoms with E-state index < -0.39 is 6.04 Å². The summed E-state index contributed by atoms with van der Waals surface area (Å²) in [5, 5.41) is 5.76. The monoisotopic (exact) mass is 402 g/mol. The summed E-state index contributed by atoms with van der Waals surface area (Å²) >= 11 is 0. The predicted octanol–water partition coefficient (Wildman–Crippen LogP) is 3.25. The van der Waals surface area contributed by atoms with Crippen LogP contribution in [-0.2, 0) is 11.3 Å². The minimum Gasteiger partial charge on any atom is -0.486 e. The summed E-state index contributed by atoms with van der Waals surface area (Å²) in [4.78, 5) is 25.7. The molecule has 0 fully saturated rings. The Labute approximate surface area is 174 Å². The Bertz CT molecular complexity index is 1020. The van der Waals surface area contributed by atoms with Gasteiger partial charge in [-0.15, -0.1) is 0 Å². The lowest BCUT2D eigenvalue weighted by Gasteiger charge is -2.22. The SMILES string of the molecule is O=C(NC(C(=O)NCc1cccc2c1OCCO2)c1ccccc1)c1ccccc1. The van der Waals surface area contributed by atoms with Gasteiger partial charge in [0, 0.05) is 17.7 Å². The summed E-state index contributed by atoms with van der Waals surface area (Å²) in [5.74, 6) is 0.701. The number of carbonyl (C=O) groups is 2. The van der Waals surface area contributed by atoms with E-state index in [2.05, 4.69) is 10.6 Å². The number of nitrogens with one attached hydrogen (secondary N) is 2. The summed E-state index contributed by atoms with van der Waals surface area (Å²) in [7, 11) is 0. The Morgan fingerprint density at radius 2 is 1.53 bits per heavy atom. The Hall–Kier alpha value is -3.80. The van der Waals surface area contributed by atoms with E-state index in [0.29, 0.717) is 35.8 Å². The Morgan fingerprint density at radius 1 is 0.833 bits per heavy atom. The van der Waals surface area contributed by atoms with Crippen LogP contribution in [0.5, 0.6) is 11.5 Å². The summed E-state index contributed by atoms with van der Waals surface area (Å²) in [6.45, 7) is 1.23. The molecular weight excluding hydrogens is 380 g/mol. The molecule has 0 aromatic heterocycles.